The van der Waals surface area contributed by atoms with Gasteiger partial charge in [0.1, 0.15) is 11.5 Å². The van der Waals surface area contributed by atoms with Crippen molar-refractivity contribution in [3.8, 4) is 11.5 Å². The number of nitro groups is 1. The zero-order valence-corrected chi connectivity index (χ0v) is 18.6. The lowest BCUT2D eigenvalue weighted by molar-refractivity contribution is -0.384. The third-order valence-electron chi connectivity index (χ3n) is 5.31. The fourth-order valence-electron chi connectivity index (χ4n) is 3.81. The summed E-state index contributed by atoms with van der Waals surface area (Å²) in [6.07, 6.45) is 1.96. The lowest BCUT2D eigenvalue weighted by Gasteiger charge is -2.11. The summed E-state index contributed by atoms with van der Waals surface area (Å²) in [6, 6.07) is 14.6. The second-order valence-corrected chi connectivity index (χ2v) is 10.1. The van der Waals surface area contributed by atoms with Crippen LogP contribution >= 0.6 is 15.9 Å². The Bertz CT molecular complexity index is 1490. The summed E-state index contributed by atoms with van der Waals surface area (Å²) in [5.74, 6) is 0.840. The topological polar surface area (TPSA) is 91.4 Å². The van der Waals surface area contributed by atoms with E-state index in [2.05, 4.69) is 15.9 Å². The van der Waals surface area contributed by atoms with E-state index in [1.807, 2.05) is 19.1 Å². The van der Waals surface area contributed by atoms with E-state index < -0.39 is 14.9 Å². The summed E-state index contributed by atoms with van der Waals surface area (Å²) in [4.78, 5) is 11.1. The van der Waals surface area contributed by atoms with Gasteiger partial charge < -0.3 is 4.74 Å². The van der Waals surface area contributed by atoms with Gasteiger partial charge in [-0.2, -0.15) is 0 Å². The van der Waals surface area contributed by atoms with E-state index >= 15 is 0 Å². The normalized spacial score (nSPS) is 12.8. The molecule has 0 bridgehead atoms. The molecule has 4 aromatic rings. The Balaban J connectivity index is 1.81. The second kappa shape index (κ2) is 6.93. The first-order valence-electron chi connectivity index (χ1n) is 9.35. The number of ether oxygens (including phenoxy) is 1. The zero-order chi connectivity index (χ0) is 21.9. The van der Waals surface area contributed by atoms with Gasteiger partial charge >= 0.3 is 0 Å². The van der Waals surface area contributed by atoms with Crippen molar-refractivity contribution >= 4 is 42.5 Å². The summed E-state index contributed by atoms with van der Waals surface area (Å²) in [5.41, 5.74) is 2.46. The van der Waals surface area contributed by atoms with Gasteiger partial charge in [-0.1, -0.05) is 33.6 Å². The molecule has 1 aromatic heterocycles. The summed E-state index contributed by atoms with van der Waals surface area (Å²) < 4.78 is 34.9. The second-order valence-electron chi connectivity index (χ2n) is 7.39. The lowest BCUT2D eigenvalue weighted by atomic mass is 10.0. The number of aromatic nitrogens is 1. The fourth-order valence-corrected chi connectivity index (χ4v) is 5.60. The minimum atomic E-state index is -3.97. The minimum Gasteiger partial charge on any atom is -0.456 e. The molecular formula is C22H15BrN2O5S. The third-order valence-corrected chi connectivity index (χ3v) is 7.49. The van der Waals surface area contributed by atoms with Gasteiger partial charge in [-0.05, 0) is 42.8 Å². The van der Waals surface area contributed by atoms with Crippen LogP contribution in [-0.2, 0) is 16.4 Å². The van der Waals surface area contributed by atoms with Crippen LogP contribution in [0.2, 0.25) is 0 Å². The highest BCUT2D eigenvalue weighted by molar-refractivity contribution is 9.10. The van der Waals surface area contributed by atoms with E-state index in [1.165, 1.54) is 30.5 Å². The van der Waals surface area contributed by atoms with Gasteiger partial charge in [0.25, 0.3) is 15.7 Å². The average molecular weight is 499 g/mol. The molecule has 0 saturated heterocycles. The van der Waals surface area contributed by atoms with Crippen molar-refractivity contribution in [3.05, 3.63) is 92.1 Å². The van der Waals surface area contributed by atoms with Crippen LogP contribution < -0.4 is 4.74 Å². The molecular weight excluding hydrogens is 484 g/mol. The van der Waals surface area contributed by atoms with E-state index in [9.17, 15) is 18.5 Å². The Morgan fingerprint density at radius 1 is 1.03 bits per heavy atom. The van der Waals surface area contributed by atoms with Crippen molar-refractivity contribution in [2.24, 2.45) is 0 Å². The van der Waals surface area contributed by atoms with Gasteiger partial charge in [0, 0.05) is 34.1 Å². The van der Waals surface area contributed by atoms with Gasteiger partial charge in [0.2, 0.25) is 0 Å². The monoisotopic (exact) mass is 498 g/mol. The van der Waals surface area contributed by atoms with Gasteiger partial charge in [0.15, 0.2) is 0 Å². The Labute approximate surface area is 186 Å². The minimum absolute atomic E-state index is 0.107. The number of fused-ring (bicyclic) bond motifs is 1. The van der Waals surface area contributed by atoms with Crippen molar-refractivity contribution in [1.29, 1.82) is 0 Å². The number of hydrogen-bond donors (Lipinski definition) is 0. The van der Waals surface area contributed by atoms with E-state index in [0.717, 1.165) is 19.6 Å². The molecule has 0 fully saturated rings. The molecule has 0 N–H and O–H groups in total. The van der Waals surface area contributed by atoms with Gasteiger partial charge in [-0.3, -0.25) is 10.1 Å². The van der Waals surface area contributed by atoms with Crippen LogP contribution in [0, 0.1) is 17.0 Å². The quantitative estimate of drug-likeness (QED) is 0.240. The van der Waals surface area contributed by atoms with E-state index in [-0.39, 0.29) is 21.8 Å². The number of non-ortho nitro benzene ring substituents is 1. The molecule has 5 rings (SSSR count). The fraction of sp³-hybridized carbons (Fsp3) is 0.0909. The molecule has 0 unspecified atom stereocenters. The van der Waals surface area contributed by atoms with Crippen LogP contribution in [0.5, 0.6) is 11.5 Å². The predicted molar refractivity (Wildman–Crippen MR) is 119 cm³/mol. The van der Waals surface area contributed by atoms with E-state index in [4.69, 9.17) is 4.74 Å². The molecule has 0 saturated carbocycles. The lowest BCUT2D eigenvalue weighted by Crippen LogP contribution is -2.12. The Hall–Kier alpha value is -3.17. The maximum absolute atomic E-state index is 13.4. The number of rotatable bonds is 3. The van der Waals surface area contributed by atoms with Crippen LogP contribution in [0.25, 0.3) is 10.9 Å². The number of halogens is 1. The number of nitrogens with zero attached hydrogens (tertiary/aromatic N) is 2. The standard InChI is InChI=1S/C22H15BrN2O5S/c1-13-2-5-18(6-3-13)31(28,29)24-12-15-8-14-9-16(23)4-7-20(14)30-21-11-17(25(26)27)10-19(24)22(15)21/h2-7,9-12H,8H2,1H3. The molecule has 7 nitrogen and oxygen atoms in total. The van der Waals surface area contributed by atoms with Crippen LogP contribution in [0.1, 0.15) is 16.7 Å². The molecule has 31 heavy (non-hydrogen) atoms. The van der Waals surface area contributed by atoms with Gasteiger partial charge in [-0.15, -0.1) is 0 Å². The highest BCUT2D eigenvalue weighted by Gasteiger charge is 2.28. The van der Waals surface area contributed by atoms with Gasteiger partial charge in [-0.25, -0.2) is 12.4 Å². The first-order valence-corrected chi connectivity index (χ1v) is 11.6. The maximum Gasteiger partial charge on any atom is 0.275 e. The Kier molecular flexibility index (Phi) is 4.42. The third kappa shape index (κ3) is 3.21. The van der Waals surface area contributed by atoms with E-state index in [1.54, 1.807) is 18.2 Å². The number of aryl methyl sites for hydroxylation is 1. The summed E-state index contributed by atoms with van der Waals surface area (Å²) in [6.45, 7) is 1.87. The van der Waals surface area contributed by atoms with Crippen molar-refractivity contribution in [2.75, 3.05) is 0 Å². The van der Waals surface area contributed by atoms with Crippen LogP contribution in [-0.4, -0.2) is 17.3 Å². The number of nitro benzene ring substituents is 1. The van der Waals surface area contributed by atoms with Crippen molar-refractivity contribution in [1.82, 2.24) is 3.97 Å². The molecule has 0 radical (unpaired) electrons. The molecule has 0 atom stereocenters. The maximum atomic E-state index is 13.4. The molecule has 156 valence electrons. The van der Waals surface area contributed by atoms with Crippen molar-refractivity contribution in [2.45, 2.75) is 18.2 Å². The smallest absolute Gasteiger partial charge is 0.275 e. The molecule has 1 aliphatic heterocycles. The first kappa shape index (κ1) is 19.8. The summed E-state index contributed by atoms with van der Waals surface area (Å²) in [7, 11) is -3.97. The van der Waals surface area contributed by atoms with Gasteiger partial charge in [0.05, 0.1) is 21.4 Å². The largest absolute Gasteiger partial charge is 0.456 e. The molecule has 0 aliphatic carbocycles. The van der Waals surface area contributed by atoms with Crippen molar-refractivity contribution in [3.63, 3.8) is 0 Å². The van der Waals surface area contributed by atoms with Crippen molar-refractivity contribution < 1.29 is 18.1 Å². The Morgan fingerprint density at radius 3 is 2.48 bits per heavy atom. The molecule has 9 heteroatoms. The molecule has 2 heterocycles. The molecule has 3 aromatic carbocycles. The summed E-state index contributed by atoms with van der Waals surface area (Å²) in [5, 5.41) is 12.1. The predicted octanol–water partition coefficient (Wildman–Crippen LogP) is 5.55. The zero-order valence-electron chi connectivity index (χ0n) is 16.2. The van der Waals surface area contributed by atoms with Crippen LogP contribution in [0.3, 0.4) is 0 Å². The molecule has 1 aliphatic rings. The molecule has 0 amide bonds. The highest BCUT2D eigenvalue weighted by Crippen LogP contribution is 2.43. The number of hydrogen-bond acceptors (Lipinski definition) is 5. The average Bonchev–Trinajstić information content (AvgIpc) is 3.01. The number of benzene rings is 3. The first-order chi connectivity index (χ1) is 14.7. The van der Waals surface area contributed by atoms with E-state index in [0.29, 0.717) is 23.1 Å². The SMILES string of the molecule is Cc1ccc(S(=O)(=O)n2cc3c4c(cc([N+](=O)[O-])cc42)Oc2ccc(Br)cc2C3)cc1. The van der Waals surface area contributed by atoms with Crippen LogP contribution in [0.4, 0.5) is 5.69 Å². The summed E-state index contributed by atoms with van der Waals surface area (Å²) >= 11 is 3.45. The highest BCUT2D eigenvalue weighted by atomic mass is 79.9. The van der Waals surface area contributed by atoms with Crippen LogP contribution in [0.15, 0.2) is 70.2 Å². The Morgan fingerprint density at radius 2 is 1.77 bits per heavy atom. The molecule has 0 spiro atoms.